The van der Waals surface area contributed by atoms with Gasteiger partial charge in [-0.15, -0.1) is 0 Å². The van der Waals surface area contributed by atoms with Crippen LogP contribution in [0.4, 0.5) is 0 Å². The van der Waals surface area contributed by atoms with Crippen LogP contribution in [0.2, 0.25) is 5.15 Å². The van der Waals surface area contributed by atoms with Crippen LogP contribution in [0, 0.1) is 0 Å². The van der Waals surface area contributed by atoms with Gasteiger partial charge in [0, 0.05) is 17.4 Å². The Bertz CT molecular complexity index is 1060. The summed E-state index contributed by atoms with van der Waals surface area (Å²) in [5, 5.41) is 10.2. The fraction of sp³-hybridized carbons (Fsp3) is 0.100. The van der Waals surface area contributed by atoms with Crippen LogP contribution in [-0.4, -0.2) is 19.6 Å². The standard InChI is InChI=1S/C20H16ClN3O/c1-13(25)14-7-8-19-18(11-14)23-12-24(19)16-5-2-4-15(10-16)17-6-3-9-22-20(17)21/h2-13,25H,1H3. The second-order valence-corrected chi connectivity index (χ2v) is 6.29. The number of hydrogen-bond donors (Lipinski definition) is 1. The van der Waals surface area contributed by atoms with Crippen molar-refractivity contribution in [3.8, 4) is 16.8 Å². The predicted octanol–water partition coefficient (Wildman–Crippen LogP) is 4.79. The van der Waals surface area contributed by atoms with Gasteiger partial charge in [-0.05, 0) is 54.4 Å². The molecule has 1 N–H and O–H groups in total. The number of fused-ring (bicyclic) bond motifs is 1. The van der Waals surface area contributed by atoms with E-state index < -0.39 is 6.10 Å². The minimum atomic E-state index is -0.509. The van der Waals surface area contributed by atoms with Crippen LogP contribution in [0.25, 0.3) is 27.8 Å². The van der Waals surface area contributed by atoms with Crippen molar-refractivity contribution in [2.45, 2.75) is 13.0 Å². The average Bonchev–Trinajstić information content (AvgIpc) is 3.05. The Kier molecular flexibility index (Phi) is 3.99. The summed E-state index contributed by atoms with van der Waals surface area (Å²) in [5.74, 6) is 0. The summed E-state index contributed by atoms with van der Waals surface area (Å²) >= 11 is 6.22. The van der Waals surface area contributed by atoms with Crippen LogP contribution >= 0.6 is 11.6 Å². The molecule has 2 aromatic heterocycles. The second-order valence-electron chi connectivity index (χ2n) is 5.93. The molecule has 124 valence electrons. The highest BCUT2D eigenvalue weighted by atomic mass is 35.5. The molecular weight excluding hydrogens is 334 g/mol. The molecule has 1 unspecified atom stereocenters. The molecule has 2 aromatic carbocycles. The number of nitrogens with zero attached hydrogens (tertiary/aromatic N) is 3. The highest BCUT2D eigenvalue weighted by molar-refractivity contribution is 6.32. The molecule has 0 saturated carbocycles. The Hall–Kier alpha value is -2.69. The largest absolute Gasteiger partial charge is 0.389 e. The highest BCUT2D eigenvalue weighted by Gasteiger charge is 2.10. The maximum absolute atomic E-state index is 9.74. The van der Waals surface area contributed by atoms with E-state index in [-0.39, 0.29) is 0 Å². The highest BCUT2D eigenvalue weighted by Crippen LogP contribution is 2.29. The van der Waals surface area contributed by atoms with Crippen molar-refractivity contribution in [3.05, 3.63) is 77.8 Å². The molecule has 2 heterocycles. The van der Waals surface area contributed by atoms with E-state index in [0.29, 0.717) is 5.15 Å². The number of aliphatic hydroxyl groups is 1. The fourth-order valence-electron chi connectivity index (χ4n) is 2.92. The number of hydrogen-bond acceptors (Lipinski definition) is 3. The number of rotatable bonds is 3. The lowest BCUT2D eigenvalue weighted by Crippen LogP contribution is -1.94. The maximum Gasteiger partial charge on any atom is 0.136 e. The van der Waals surface area contributed by atoms with E-state index in [2.05, 4.69) is 16.0 Å². The van der Waals surface area contributed by atoms with Crippen molar-refractivity contribution in [3.63, 3.8) is 0 Å². The lowest BCUT2D eigenvalue weighted by atomic mass is 10.1. The van der Waals surface area contributed by atoms with E-state index in [1.54, 1.807) is 19.4 Å². The van der Waals surface area contributed by atoms with Gasteiger partial charge in [0.2, 0.25) is 0 Å². The van der Waals surface area contributed by atoms with Gasteiger partial charge in [0.1, 0.15) is 11.5 Å². The first-order valence-corrected chi connectivity index (χ1v) is 8.37. The van der Waals surface area contributed by atoms with Gasteiger partial charge in [0.15, 0.2) is 0 Å². The normalized spacial score (nSPS) is 12.4. The third-order valence-corrected chi connectivity index (χ3v) is 4.55. The van der Waals surface area contributed by atoms with Crippen LogP contribution in [-0.2, 0) is 0 Å². The van der Waals surface area contributed by atoms with Crippen molar-refractivity contribution >= 4 is 22.6 Å². The predicted molar refractivity (Wildman–Crippen MR) is 99.9 cm³/mol. The molecule has 4 rings (SSSR count). The fourth-order valence-corrected chi connectivity index (χ4v) is 3.15. The van der Waals surface area contributed by atoms with E-state index >= 15 is 0 Å². The molecule has 4 nitrogen and oxygen atoms in total. The number of halogens is 1. The third-order valence-electron chi connectivity index (χ3n) is 4.25. The van der Waals surface area contributed by atoms with Crippen LogP contribution in [0.5, 0.6) is 0 Å². The Morgan fingerprint density at radius 2 is 1.92 bits per heavy atom. The van der Waals surface area contributed by atoms with Crippen LogP contribution < -0.4 is 0 Å². The number of pyridine rings is 1. The number of benzene rings is 2. The molecule has 0 amide bonds. The number of aliphatic hydroxyl groups excluding tert-OH is 1. The Morgan fingerprint density at radius 3 is 2.72 bits per heavy atom. The van der Waals surface area contributed by atoms with Crippen molar-refractivity contribution < 1.29 is 5.11 Å². The SMILES string of the molecule is CC(O)c1ccc2c(c1)ncn2-c1cccc(-c2cccnc2Cl)c1. The molecule has 0 aliphatic rings. The van der Waals surface area contributed by atoms with Crippen molar-refractivity contribution in [1.82, 2.24) is 14.5 Å². The summed E-state index contributed by atoms with van der Waals surface area (Å²) in [6.45, 7) is 1.75. The zero-order valence-corrected chi connectivity index (χ0v) is 14.4. The molecule has 0 aliphatic heterocycles. The lowest BCUT2D eigenvalue weighted by molar-refractivity contribution is 0.199. The van der Waals surface area contributed by atoms with Gasteiger partial charge in [0.05, 0.1) is 17.1 Å². The first kappa shape index (κ1) is 15.8. The number of imidazole rings is 1. The van der Waals surface area contributed by atoms with Crippen LogP contribution in [0.15, 0.2) is 67.1 Å². The molecule has 0 spiro atoms. The first-order valence-electron chi connectivity index (χ1n) is 8.00. The molecule has 0 saturated heterocycles. The van der Waals surface area contributed by atoms with Crippen molar-refractivity contribution in [2.75, 3.05) is 0 Å². The van der Waals surface area contributed by atoms with Gasteiger partial charge in [0.25, 0.3) is 0 Å². The van der Waals surface area contributed by atoms with Crippen LogP contribution in [0.3, 0.4) is 0 Å². The summed E-state index contributed by atoms with van der Waals surface area (Å²) in [6.07, 6.45) is 2.96. The van der Waals surface area contributed by atoms with Gasteiger partial charge in [-0.1, -0.05) is 29.8 Å². The Labute approximate surface area is 150 Å². The van der Waals surface area contributed by atoms with Crippen LogP contribution in [0.1, 0.15) is 18.6 Å². The quantitative estimate of drug-likeness (QED) is 0.541. The van der Waals surface area contributed by atoms with Gasteiger partial charge >= 0.3 is 0 Å². The minimum Gasteiger partial charge on any atom is -0.389 e. The monoisotopic (exact) mass is 349 g/mol. The third kappa shape index (κ3) is 2.90. The summed E-state index contributed by atoms with van der Waals surface area (Å²) in [7, 11) is 0. The molecule has 0 fully saturated rings. The molecule has 1 atom stereocenters. The van der Waals surface area contributed by atoms with Gasteiger partial charge in [-0.25, -0.2) is 9.97 Å². The maximum atomic E-state index is 9.74. The second kappa shape index (κ2) is 6.31. The zero-order valence-electron chi connectivity index (χ0n) is 13.6. The molecular formula is C20H16ClN3O. The van der Waals surface area contributed by atoms with E-state index in [1.165, 1.54) is 0 Å². The topological polar surface area (TPSA) is 50.9 Å². The van der Waals surface area contributed by atoms with Gasteiger partial charge in [-0.3, -0.25) is 4.57 Å². The molecule has 0 radical (unpaired) electrons. The minimum absolute atomic E-state index is 0.483. The van der Waals surface area contributed by atoms with E-state index in [9.17, 15) is 5.11 Å². The zero-order chi connectivity index (χ0) is 17.4. The van der Waals surface area contributed by atoms with E-state index in [0.717, 1.165) is 33.4 Å². The molecule has 4 aromatic rings. The van der Waals surface area contributed by atoms with E-state index in [4.69, 9.17) is 11.6 Å². The Morgan fingerprint density at radius 1 is 1.04 bits per heavy atom. The summed E-state index contributed by atoms with van der Waals surface area (Å²) < 4.78 is 2.02. The first-order chi connectivity index (χ1) is 12.1. The van der Waals surface area contributed by atoms with Gasteiger partial charge < -0.3 is 5.11 Å². The average molecular weight is 350 g/mol. The molecule has 0 bridgehead atoms. The summed E-state index contributed by atoms with van der Waals surface area (Å²) in [5.41, 5.74) is 5.57. The van der Waals surface area contributed by atoms with Crippen molar-refractivity contribution in [1.29, 1.82) is 0 Å². The molecule has 25 heavy (non-hydrogen) atoms. The molecule has 0 aliphatic carbocycles. The summed E-state index contributed by atoms with van der Waals surface area (Å²) in [6, 6.07) is 17.7. The molecule has 5 heteroatoms. The smallest absolute Gasteiger partial charge is 0.136 e. The summed E-state index contributed by atoms with van der Waals surface area (Å²) in [4.78, 5) is 8.62. The van der Waals surface area contributed by atoms with Crippen molar-refractivity contribution in [2.24, 2.45) is 0 Å². The van der Waals surface area contributed by atoms with Gasteiger partial charge in [-0.2, -0.15) is 0 Å². The number of aromatic nitrogens is 3. The Balaban J connectivity index is 1.82. The lowest BCUT2D eigenvalue weighted by Gasteiger charge is -2.09. The van der Waals surface area contributed by atoms with E-state index in [1.807, 2.05) is 53.1 Å².